The smallest absolute Gasteiger partial charge is 0.146 e. The van der Waals surface area contributed by atoms with Crippen LogP contribution >= 0.6 is 0 Å². The van der Waals surface area contributed by atoms with Crippen LogP contribution in [-0.2, 0) is 14.2 Å². The van der Waals surface area contributed by atoms with Gasteiger partial charge in [0.25, 0.3) is 0 Å². The summed E-state index contributed by atoms with van der Waals surface area (Å²) in [5.74, 6) is 0. The zero-order valence-corrected chi connectivity index (χ0v) is 7.78. The third kappa shape index (κ3) is 6.54. The molecular weight excluding hydrogens is 160 g/mol. The van der Waals surface area contributed by atoms with Gasteiger partial charge in [-0.05, 0) is 12.8 Å². The van der Waals surface area contributed by atoms with Crippen LogP contribution in [0.2, 0.25) is 0 Å². The topological polar surface area (TPSA) is 47.9 Å². The van der Waals surface area contributed by atoms with Gasteiger partial charge in [0.1, 0.15) is 6.79 Å². The highest BCUT2D eigenvalue weighted by molar-refractivity contribution is 4.55. The van der Waals surface area contributed by atoms with E-state index < -0.39 is 0 Å². The van der Waals surface area contributed by atoms with Crippen LogP contribution in [0.1, 0.15) is 12.8 Å². The molecule has 1 N–H and O–H groups in total. The van der Waals surface area contributed by atoms with Crippen molar-refractivity contribution in [3.05, 3.63) is 0 Å². The molecule has 4 nitrogen and oxygen atoms in total. The molecule has 1 atom stereocenters. The maximum atomic E-state index is 8.67. The average molecular weight is 178 g/mol. The van der Waals surface area contributed by atoms with E-state index in [0.717, 1.165) is 6.42 Å². The molecule has 12 heavy (non-hydrogen) atoms. The van der Waals surface area contributed by atoms with Crippen molar-refractivity contribution in [3.8, 4) is 0 Å². The lowest BCUT2D eigenvalue weighted by Crippen LogP contribution is -2.18. The summed E-state index contributed by atoms with van der Waals surface area (Å²) in [5.41, 5.74) is 0. The second-order valence-corrected chi connectivity index (χ2v) is 2.49. The number of rotatable bonds is 8. The number of aliphatic hydroxyl groups is 1. The number of hydrogen-bond acceptors (Lipinski definition) is 4. The molecule has 0 spiro atoms. The van der Waals surface area contributed by atoms with Gasteiger partial charge in [-0.3, -0.25) is 0 Å². The molecule has 4 heteroatoms. The second kappa shape index (κ2) is 8.93. The maximum absolute atomic E-state index is 8.67. The summed E-state index contributed by atoms with van der Waals surface area (Å²) in [4.78, 5) is 0. The molecule has 74 valence electrons. The van der Waals surface area contributed by atoms with Gasteiger partial charge in [0.15, 0.2) is 0 Å². The van der Waals surface area contributed by atoms with Gasteiger partial charge in [0.2, 0.25) is 0 Å². The quantitative estimate of drug-likeness (QED) is 0.546. The molecule has 1 unspecified atom stereocenters. The third-order valence-electron chi connectivity index (χ3n) is 1.52. The van der Waals surface area contributed by atoms with Gasteiger partial charge in [-0.15, -0.1) is 0 Å². The standard InChI is InChI=1S/C8H18O4/c1-10-6-4-8(3-5-9)12-7-11-2/h8-9H,3-7H2,1-2H3. The van der Waals surface area contributed by atoms with Gasteiger partial charge in [0.05, 0.1) is 6.10 Å². The summed E-state index contributed by atoms with van der Waals surface area (Å²) in [6.07, 6.45) is 1.46. The van der Waals surface area contributed by atoms with Crippen molar-refractivity contribution < 1.29 is 19.3 Å². The number of hydrogen-bond donors (Lipinski definition) is 1. The Morgan fingerprint density at radius 2 is 1.92 bits per heavy atom. The highest BCUT2D eigenvalue weighted by Gasteiger charge is 2.07. The van der Waals surface area contributed by atoms with Crippen LogP contribution in [0.3, 0.4) is 0 Å². The fraction of sp³-hybridized carbons (Fsp3) is 1.00. The minimum Gasteiger partial charge on any atom is -0.396 e. The third-order valence-corrected chi connectivity index (χ3v) is 1.52. The molecule has 0 saturated heterocycles. The first-order valence-corrected chi connectivity index (χ1v) is 4.05. The summed E-state index contributed by atoms with van der Waals surface area (Å²) in [6, 6.07) is 0. The fourth-order valence-electron chi connectivity index (χ4n) is 0.869. The fourth-order valence-corrected chi connectivity index (χ4v) is 0.869. The molecule has 0 aliphatic heterocycles. The van der Waals surface area contributed by atoms with Crippen molar-refractivity contribution in [1.29, 1.82) is 0 Å². The Hall–Kier alpha value is -0.160. The Morgan fingerprint density at radius 3 is 2.42 bits per heavy atom. The SMILES string of the molecule is COCCC(CCO)OCOC. The molecule has 0 aromatic carbocycles. The molecular formula is C8H18O4. The van der Waals surface area contributed by atoms with Crippen LogP contribution in [0.15, 0.2) is 0 Å². The van der Waals surface area contributed by atoms with Crippen LogP contribution in [0.5, 0.6) is 0 Å². The van der Waals surface area contributed by atoms with Gasteiger partial charge in [-0.2, -0.15) is 0 Å². The Kier molecular flexibility index (Phi) is 8.81. The van der Waals surface area contributed by atoms with Crippen LogP contribution < -0.4 is 0 Å². The highest BCUT2D eigenvalue weighted by Crippen LogP contribution is 2.03. The molecule has 0 aliphatic rings. The minimum atomic E-state index is 0.0369. The first kappa shape index (κ1) is 11.8. The van der Waals surface area contributed by atoms with E-state index in [1.807, 2.05) is 0 Å². The number of aliphatic hydroxyl groups excluding tert-OH is 1. The van der Waals surface area contributed by atoms with Gasteiger partial charge < -0.3 is 19.3 Å². The molecule has 0 rings (SSSR count). The van der Waals surface area contributed by atoms with Crippen LogP contribution in [0.4, 0.5) is 0 Å². The summed E-state index contributed by atoms with van der Waals surface area (Å²) in [7, 11) is 3.22. The van der Waals surface area contributed by atoms with E-state index in [-0.39, 0.29) is 19.5 Å². The Morgan fingerprint density at radius 1 is 1.17 bits per heavy atom. The molecule has 0 saturated carbocycles. The normalized spacial score (nSPS) is 13.2. The molecule has 0 amide bonds. The van der Waals surface area contributed by atoms with E-state index >= 15 is 0 Å². The van der Waals surface area contributed by atoms with Crippen LogP contribution in [-0.4, -0.2) is 45.4 Å². The molecule has 0 aromatic rings. The molecule has 0 heterocycles. The van der Waals surface area contributed by atoms with Gasteiger partial charge in [-0.1, -0.05) is 0 Å². The number of methoxy groups -OCH3 is 2. The molecule has 0 fully saturated rings. The van der Waals surface area contributed by atoms with E-state index in [1.165, 1.54) is 0 Å². The average Bonchev–Trinajstić information content (AvgIpc) is 2.10. The van der Waals surface area contributed by atoms with E-state index in [0.29, 0.717) is 13.0 Å². The lowest BCUT2D eigenvalue weighted by molar-refractivity contribution is -0.0845. The molecule has 0 bridgehead atoms. The predicted octanol–water partition coefficient (Wildman–Crippen LogP) is 0.394. The maximum Gasteiger partial charge on any atom is 0.146 e. The zero-order chi connectivity index (χ0) is 9.23. The molecule has 0 aliphatic carbocycles. The van der Waals surface area contributed by atoms with E-state index in [1.54, 1.807) is 14.2 Å². The lowest BCUT2D eigenvalue weighted by Gasteiger charge is -2.15. The van der Waals surface area contributed by atoms with E-state index in [4.69, 9.17) is 19.3 Å². The summed E-state index contributed by atoms with van der Waals surface area (Å²) >= 11 is 0. The highest BCUT2D eigenvalue weighted by atomic mass is 16.7. The van der Waals surface area contributed by atoms with Gasteiger partial charge in [-0.25, -0.2) is 0 Å². The van der Waals surface area contributed by atoms with Crippen molar-refractivity contribution in [2.75, 3.05) is 34.2 Å². The Labute approximate surface area is 73.4 Å². The van der Waals surface area contributed by atoms with Crippen molar-refractivity contribution in [1.82, 2.24) is 0 Å². The lowest BCUT2D eigenvalue weighted by atomic mass is 10.2. The first-order chi connectivity index (χ1) is 5.85. The second-order valence-electron chi connectivity index (χ2n) is 2.49. The summed E-state index contributed by atoms with van der Waals surface area (Å²) in [5, 5.41) is 8.67. The Bertz CT molecular complexity index is 79.1. The van der Waals surface area contributed by atoms with Crippen LogP contribution in [0, 0.1) is 0 Å². The zero-order valence-electron chi connectivity index (χ0n) is 7.78. The largest absolute Gasteiger partial charge is 0.396 e. The van der Waals surface area contributed by atoms with Crippen molar-refractivity contribution >= 4 is 0 Å². The molecule has 0 aromatic heterocycles. The molecule has 0 radical (unpaired) electrons. The minimum absolute atomic E-state index is 0.0369. The Balaban J connectivity index is 3.40. The predicted molar refractivity (Wildman–Crippen MR) is 44.9 cm³/mol. The van der Waals surface area contributed by atoms with E-state index in [2.05, 4.69) is 0 Å². The monoisotopic (exact) mass is 178 g/mol. The summed E-state index contributed by atoms with van der Waals surface area (Å²) in [6.45, 7) is 1.06. The van der Waals surface area contributed by atoms with Crippen molar-refractivity contribution in [3.63, 3.8) is 0 Å². The van der Waals surface area contributed by atoms with Gasteiger partial charge in [0, 0.05) is 27.4 Å². The first-order valence-electron chi connectivity index (χ1n) is 4.05. The number of ether oxygens (including phenoxy) is 3. The van der Waals surface area contributed by atoms with Crippen LogP contribution in [0.25, 0.3) is 0 Å². The summed E-state index contributed by atoms with van der Waals surface area (Å²) < 4.78 is 14.9. The van der Waals surface area contributed by atoms with Gasteiger partial charge >= 0.3 is 0 Å². The van der Waals surface area contributed by atoms with Crippen molar-refractivity contribution in [2.45, 2.75) is 18.9 Å². The van der Waals surface area contributed by atoms with E-state index in [9.17, 15) is 0 Å². The van der Waals surface area contributed by atoms with Crippen molar-refractivity contribution in [2.24, 2.45) is 0 Å².